The van der Waals surface area contributed by atoms with Crippen LogP contribution in [-0.4, -0.2) is 11.8 Å². The topological polar surface area (TPSA) is 58.2 Å². The van der Waals surface area contributed by atoms with Crippen LogP contribution in [0.2, 0.25) is 5.02 Å². The van der Waals surface area contributed by atoms with E-state index in [9.17, 15) is 9.59 Å². The van der Waals surface area contributed by atoms with E-state index in [0.717, 1.165) is 42.5 Å². The summed E-state index contributed by atoms with van der Waals surface area (Å²) < 4.78 is 0. The van der Waals surface area contributed by atoms with Gasteiger partial charge in [-0.1, -0.05) is 56.5 Å². The van der Waals surface area contributed by atoms with Gasteiger partial charge in [0.25, 0.3) is 0 Å². The molecule has 5 heteroatoms. The maximum atomic E-state index is 13.4. The molecule has 28 heavy (non-hydrogen) atoms. The molecule has 1 aliphatic carbocycles. The maximum absolute atomic E-state index is 13.4. The summed E-state index contributed by atoms with van der Waals surface area (Å²) in [5.41, 5.74) is 2.77. The summed E-state index contributed by atoms with van der Waals surface area (Å²) in [7, 11) is 0. The highest BCUT2D eigenvalue weighted by Crippen LogP contribution is 2.43. The third-order valence-corrected chi connectivity index (χ3v) is 5.78. The fraction of sp³-hybridized carbons (Fsp3) is 0.391. The first-order chi connectivity index (χ1) is 13.3. The molecule has 3 rings (SSSR count). The van der Waals surface area contributed by atoms with E-state index in [1.54, 1.807) is 0 Å². The van der Waals surface area contributed by atoms with Crippen LogP contribution in [-0.2, 0) is 15.0 Å². The van der Waals surface area contributed by atoms with Gasteiger partial charge in [0.1, 0.15) is 0 Å². The molecule has 1 aliphatic rings. The van der Waals surface area contributed by atoms with E-state index in [-0.39, 0.29) is 17.7 Å². The van der Waals surface area contributed by atoms with Crippen LogP contribution in [0.1, 0.15) is 50.7 Å². The first kappa shape index (κ1) is 20.4. The van der Waals surface area contributed by atoms with Crippen molar-refractivity contribution in [2.24, 2.45) is 5.92 Å². The molecule has 1 saturated carbocycles. The van der Waals surface area contributed by atoms with E-state index in [0.29, 0.717) is 10.7 Å². The molecule has 148 valence electrons. The van der Waals surface area contributed by atoms with Gasteiger partial charge in [-0.3, -0.25) is 9.59 Å². The van der Waals surface area contributed by atoms with Gasteiger partial charge in [-0.05, 0) is 55.2 Å². The first-order valence-corrected chi connectivity index (χ1v) is 10.2. The number of aryl methyl sites for hydroxylation is 1. The van der Waals surface area contributed by atoms with Crippen molar-refractivity contribution >= 4 is 34.8 Å². The Morgan fingerprint density at radius 2 is 1.75 bits per heavy atom. The lowest BCUT2D eigenvalue weighted by molar-refractivity contribution is -0.121. The minimum atomic E-state index is -0.561. The Balaban J connectivity index is 1.87. The predicted octanol–water partition coefficient (Wildman–Crippen LogP) is 5.69. The molecular formula is C23H27ClN2O2. The summed E-state index contributed by atoms with van der Waals surface area (Å²) in [5, 5.41) is 6.66. The lowest BCUT2D eigenvalue weighted by atomic mass is 9.78. The molecule has 0 heterocycles. The molecule has 1 fully saturated rings. The van der Waals surface area contributed by atoms with Crippen LogP contribution >= 0.6 is 11.6 Å². The fourth-order valence-electron chi connectivity index (χ4n) is 3.77. The number of carbonyl (C=O) groups is 2. The average Bonchev–Trinajstić information content (AvgIpc) is 3.15. The Morgan fingerprint density at radius 1 is 1.04 bits per heavy atom. The van der Waals surface area contributed by atoms with E-state index in [1.807, 2.05) is 63.2 Å². The van der Waals surface area contributed by atoms with Gasteiger partial charge < -0.3 is 10.6 Å². The van der Waals surface area contributed by atoms with Crippen molar-refractivity contribution in [2.45, 2.75) is 51.9 Å². The number of carbonyl (C=O) groups excluding carboxylic acids is 2. The fourth-order valence-corrected chi connectivity index (χ4v) is 3.96. The number of benzene rings is 2. The van der Waals surface area contributed by atoms with Crippen LogP contribution in [0.25, 0.3) is 0 Å². The zero-order valence-electron chi connectivity index (χ0n) is 16.6. The molecule has 0 aromatic heterocycles. The molecule has 2 N–H and O–H groups in total. The molecule has 0 radical (unpaired) electrons. The zero-order chi connectivity index (χ0) is 20.3. The highest BCUT2D eigenvalue weighted by molar-refractivity contribution is 6.30. The molecule has 0 aliphatic heterocycles. The average molecular weight is 399 g/mol. The lowest BCUT2D eigenvalue weighted by Gasteiger charge is -2.29. The number of nitrogens with one attached hydrogen (secondary N) is 2. The van der Waals surface area contributed by atoms with Crippen LogP contribution in [0.3, 0.4) is 0 Å². The van der Waals surface area contributed by atoms with Crippen LogP contribution in [0.15, 0.2) is 42.5 Å². The maximum Gasteiger partial charge on any atom is 0.235 e. The van der Waals surface area contributed by atoms with Gasteiger partial charge in [-0.25, -0.2) is 0 Å². The molecule has 2 aromatic rings. The smallest absolute Gasteiger partial charge is 0.235 e. The predicted molar refractivity (Wildman–Crippen MR) is 115 cm³/mol. The Labute approximate surface area is 171 Å². The van der Waals surface area contributed by atoms with Gasteiger partial charge in [0, 0.05) is 22.3 Å². The summed E-state index contributed by atoms with van der Waals surface area (Å²) in [6.07, 6.45) is 3.65. The van der Waals surface area contributed by atoms with Crippen LogP contribution in [0.4, 0.5) is 11.4 Å². The molecule has 4 nitrogen and oxygen atoms in total. The van der Waals surface area contributed by atoms with Crippen molar-refractivity contribution in [1.29, 1.82) is 0 Å². The number of halogens is 1. The van der Waals surface area contributed by atoms with Crippen molar-refractivity contribution in [2.75, 3.05) is 10.6 Å². The number of rotatable bonds is 5. The van der Waals surface area contributed by atoms with Gasteiger partial charge in [0.2, 0.25) is 11.8 Å². The van der Waals surface area contributed by atoms with Gasteiger partial charge in [-0.2, -0.15) is 0 Å². The molecule has 0 unspecified atom stereocenters. The van der Waals surface area contributed by atoms with Crippen LogP contribution < -0.4 is 10.6 Å². The minimum Gasteiger partial charge on any atom is -0.326 e. The van der Waals surface area contributed by atoms with Crippen molar-refractivity contribution in [3.8, 4) is 0 Å². The minimum absolute atomic E-state index is 0.0114. The normalized spacial score (nSPS) is 15.5. The Bertz CT molecular complexity index is 886. The highest BCUT2D eigenvalue weighted by atomic mass is 35.5. The highest BCUT2D eigenvalue weighted by Gasteiger charge is 2.42. The SMILES string of the molecule is Cc1ccc(NC(=O)C(C)C)cc1NC(=O)C1(c2cccc(Cl)c2)CCCC1. The molecule has 0 atom stereocenters. The van der Waals surface area contributed by atoms with Gasteiger partial charge in [0.05, 0.1) is 5.41 Å². The standard InChI is InChI=1S/C23H27ClN2O2/c1-15(2)21(27)25-19-10-9-16(3)20(14-19)26-22(28)23(11-4-5-12-23)17-7-6-8-18(24)13-17/h6-10,13-15H,4-5,11-12H2,1-3H3,(H,25,27)(H,26,28). The zero-order valence-corrected chi connectivity index (χ0v) is 17.4. The molecule has 0 spiro atoms. The second-order valence-electron chi connectivity index (χ2n) is 7.93. The lowest BCUT2D eigenvalue weighted by Crippen LogP contribution is -2.38. The van der Waals surface area contributed by atoms with Crippen LogP contribution in [0, 0.1) is 12.8 Å². The number of hydrogen-bond donors (Lipinski definition) is 2. The molecule has 0 saturated heterocycles. The van der Waals surface area contributed by atoms with Crippen molar-refractivity contribution in [3.05, 3.63) is 58.6 Å². The van der Waals surface area contributed by atoms with Gasteiger partial charge in [-0.15, -0.1) is 0 Å². The number of hydrogen-bond acceptors (Lipinski definition) is 2. The second kappa shape index (κ2) is 8.36. The molecule has 2 aromatic carbocycles. The number of amides is 2. The Hall–Kier alpha value is -2.33. The molecular weight excluding hydrogens is 372 g/mol. The first-order valence-electron chi connectivity index (χ1n) is 9.81. The third-order valence-electron chi connectivity index (χ3n) is 5.55. The Kier molecular flexibility index (Phi) is 6.09. The number of anilines is 2. The van der Waals surface area contributed by atoms with Crippen molar-refractivity contribution < 1.29 is 9.59 Å². The molecule has 0 bridgehead atoms. The summed E-state index contributed by atoms with van der Waals surface area (Å²) >= 11 is 6.20. The van der Waals surface area contributed by atoms with E-state index < -0.39 is 5.41 Å². The van der Waals surface area contributed by atoms with E-state index in [1.165, 1.54) is 0 Å². The van der Waals surface area contributed by atoms with Gasteiger partial charge >= 0.3 is 0 Å². The van der Waals surface area contributed by atoms with E-state index in [2.05, 4.69) is 10.6 Å². The van der Waals surface area contributed by atoms with Crippen molar-refractivity contribution in [3.63, 3.8) is 0 Å². The third kappa shape index (κ3) is 4.22. The van der Waals surface area contributed by atoms with E-state index >= 15 is 0 Å². The summed E-state index contributed by atoms with van der Waals surface area (Å²) in [6.45, 7) is 5.65. The molecule has 2 amide bonds. The second-order valence-corrected chi connectivity index (χ2v) is 8.36. The monoisotopic (exact) mass is 398 g/mol. The quantitative estimate of drug-likeness (QED) is 0.679. The summed E-state index contributed by atoms with van der Waals surface area (Å²) in [5.74, 6) is -0.168. The Morgan fingerprint density at radius 3 is 2.39 bits per heavy atom. The summed E-state index contributed by atoms with van der Waals surface area (Å²) in [4.78, 5) is 25.4. The summed E-state index contributed by atoms with van der Waals surface area (Å²) in [6, 6.07) is 13.2. The van der Waals surface area contributed by atoms with E-state index in [4.69, 9.17) is 11.6 Å². The van der Waals surface area contributed by atoms with Crippen molar-refractivity contribution in [1.82, 2.24) is 0 Å². The van der Waals surface area contributed by atoms with Gasteiger partial charge in [0.15, 0.2) is 0 Å². The largest absolute Gasteiger partial charge is 0.326 e. The van der Waals surface area contributed by atoms with Crippen LogP contribution in [0.5, 0.6) is 0 Å².